The third-order valence-electron chi connectivity index (χ3n) is 8.08. The summed E-state index contributed by atoms with van der Waals surface area (Å²) in [5.41, 5.74) is 0. The number of phosphoric ester groups is 1. The molecule has 0 rings (SSSR count). The van der Waals surface area contributed by atoms with E-state index in [-0.39, 0.29) is 25.8 Å². The molecule has 0 N–H and O–H groups in total. The highest BCUT2D eigenvalue weighted by molar-refractivity contribution is 7.45. The van der Waals surface area contributed by atoms with Crippen LogP contribution in [0.2, 0.25) is 0 Å². The van der Waals surface area contributed by atoms with Crippen LogP contribution in [0, 0.1) is 0 Å². The number of esters is 1. The number of ether oxygens (including phenoxy) is 2. The van der Waals surface area contributed by atoms with Crippen LogP contribution in [0.1, 0.15) is 149 Å². The standard InChI is InChI=1S/C41H76NO7P/c1-6-8-10-12-14-16-18-20-21-23-25-27-29-31-33-36-46-38-40(39-48-50(44,45)47-37-35-42(3,4)5)49-41(43)34-32-30-28-26-24-22-19-17-15-13-11-9-7-2/h11-14,17-20,40H,6-10,15-16,21-39H2,1-5H3/b13-11-,14-12-,19-17-,20-18-. The van der Waals surface area contributed by atoms with Crippen molar-refractivity contribution in [2.75, 3.05) is 54.1 Å². The number of phosphoric acid groups is 1. The Morgan fingerprint density at radius 3 is 1.70 bits per heavy atom. The quantitative estimate of drug-likeness (QED) is 0.0209. The van der Waals surface area contributed by atoms with Gasteiger partial charge in [0, 0.05) is 13.0 Å². The minimum atomic E-state index is -4.53. The maximum Gasteiger partial charge on any atom is 0.306 e. The van der Waals surface area contributed by atoms with Crippen molar-refractivity contribution in [1.29, 1.82) is 0 Å². The van der Waals surface area contributed by atoms with Crippen molar-refractivity contribution < 1.29 is 37.3 Å². The summed E-state index contributed by atoms with van der Waals surface area (Å²) < 4.78 is 34.4. The second-order valence-electron chi connectivity index (χ2n) is 14.3. The molecule has 0 spiro atoms. The minimum Gasteiger partial charge on any atom is -0.756 e. The molecule has 0 radical (unpaired) electrons. The first-order valence-corrected chi connectivity index (χ1v) is 21.3. The molecule has 0 aromatic rings. The predicted molar refractivity (Wildman–Crippen MR) is 208 cm³/mol. The number of rotatable bonds is 36. The zero-order valence-electron chi connectivity index (χ0n) is 32.8. The highest BCUT2D eigenvalue weighted by Gasteiger charge is 2.20. The lowest BCUT2D eigenvalue weighted by Gasteiger charge is -2.28. The number of allylic oxidation sites excluding steroid dienone is 8. The van der Waals surface area contributed by atoms with E-state index in [1.165, 1.54) is 44.9 Å². The van der Waals surface area contributed by atoms with E-state index in [0.717, 1.165) is 83.5 Å². The molecule has 0 fully saturated rings. The summed E-state index contributed by atoms with van der Waals surface area (Å²) in [4.78, 5) is 24.9. The first-order valence-electron chi connectivity index (χ1n) is 19.9. The third-order valence-corrected chi connectivity index (χ3v) is 9.05. The van der Waals surface area contributed by atoms with Gasteiger partial charge in [-0.3, -0.25) is 9.36 Å². The summed E-state index contributed by atoms with van der Waals surface area (Å²) >= 11 is 0. The van der Waals surface area contributed by atoms with Gasteiger partial charge in [0.25, 0.3) is 7.82 Å². The summed E-state index contributed by atoms with van der Waals surface area (Å²) in [6, 6.07) is 0. The maximum absolute atomic E-state index is 12.6. The van der Waals surface area contributed by atoms with Crippen LogP contribution in [0.4, 0.5) is 0 Å². The van der Waals surface area contributed by atoms with Crippen LogP contribution in [0.3, 0.4) is 0 Å². The summed E-state index contributed by atoms with van der Waals surface area (Å²) in [5.74, 6) is -0.355. The van der Waals surface area contributed by atoms with Crippen molar-refractivity contribution >= 4 is 13.8 Å². The molecule has 8 nitrogen and oxygen atoms in total. The maximum atomic E-state index is 12.6. The molecule has 0 saturated carbocycles. The van der Waals surface area contributed by atoms with Gasteiger partial charge >= 0.3 is 5.97 Å². The molecular weight excluding hydrogens is 649 g/mol. The Balaban J connectivity index is 4.33. The topological polar surface area (TPSA) is 94.1 Å². The van der Waals surface area contributed by atoms with Gasteiger partial charge in [-0.1, -0.05) is 127 Å². The average molecular weight is 726 g/mol. The van der Waals surface area contributed by atoms with Crippen molar-refractivity contribution in [2.24, 2.45) is 0 Å². The molecule has 0 saturated heterocycles. The zero-order valence-corrected chi connectivity index (χ0v) is 33.7. The van der Waals surface area contributed by atoms with Gasteiger partial charge in [0.1, 0.15) is 19.3 Å². The number of hydrogen-bond donors (Lipinski definition) is 0. The molecule has 0 aromatic carbocycles. The monoisotopic (exact) mass is 726 g/mol. The second-order valence-corrected chi connectivity index (χ2v) is 15.7. The fourth-order valence-electron chi connectivity index (χ4n) is 4.95. The smallest absolute Gasteiger partial charge is 0.306 e. The van der Waals surface area contributed by atoms with Crippen LogP contribution in [0.5, 0.6) is 0 Å². The van der Waals surface area contributed by atoms with Gasteiger partial charge in [0.15, 0.2) is 0 Å². The van der Waals surface area contributed by atoms with Gasteiger partial charge in [-0.15, -0.1) is 0 Å². The number of unbranched alkanes of at least 4 members (excludes halogenated alkanes) is 14. The SMILES string of the molecule is CCC/C=C\C/C=C\CCCCCCCC(=O)OC(COCCCCCCCC/C=C\C/C=C\CCCC)COP(=O)([O-])OCC[N+](C)(C)C. The third kappa shape index (κ3) is 37.7. The summed E-state index contributed by atoms with van der Waals surface area (Å²) in [7, 11) is 1.33. The lowest BCUT2D eigenvalue weighted by atomic mass is 10.1. The molecule has 0 aromatic heterocycles. The van der Waals surface area contributed by atoms with Crippen molar-refractivity contribution in [1.82, 2.24) is 0 Å². The Morgan fingerprint density at radius 2 is 1.14 bits per heavy atom. The number of nitrogens with zero attached hydrogens (tertiary/aromatic N) is 1. The molecule has 50 heavy (non-hydrogen) atoms. The van der Waals surface area contributed by atoms with E-state index >= 15 is 0 Å². The van der Waals surface area contributed by atoms with Crippen molar-refractivity contribution in [2.45, 2.75) is 155 Å². The Bertz CT molecular complexity index is 942. The Kier molecular flexibility index (Phi) is 33.5. The van der Waals surface area contributed by atoms with Gasteiger partial charge in [-0.05, 0) is 64.2 Å². The number of hydrogen-bond acceptors (Lipinski definition) is 7. The van der Waals surface area contributed by atoms with Crippen molar-refractivity contribution in [3.63, 3.8) is 0 Å². The fourth-order valence-corrected chi connectivity index (χ4v) is 5.68. The van der Waals surface area contributed by atoms with E-state index in [1.807, 2.05) is 21.1 Å². The lowest BCUT2D eigenvalue weighted by molar-refractivity contribution is -0.870. The summed E-state index contributed by atoms with van der Waals surface area (Å²) in [6.07, 6.45) is 39.7. The van der Waals surface area contributed by atoms with E-state index in [0.29, 0.717) is 24.1 Å². The Labute approximate surface area is 308 Å². The van der Waals surface area contributed by atoms with Crippen molar-refractivity contribution in [3.8, 4) is 0 Å². The largest absolute Gasteiger partial charge is 0.756 e. The van der Waals surface area contributed by atoms with Crippen LogP contribution in [-0.2, 0) is 27.9 Å². The Hall–Kier alpha value is -1.54. The van der Waals surface area contributed by atoms with Gasteiger partial charge in [0.2, 0.25) is 0 Å². The van der Waals surface area contributed by atoms with Crippen LogP contribution < -0.4 is 4.89 Å². The summed E-state index contributed by atoms with van der Waals surface area (Å²) in [5, 5.41) is 0. The molecule has 2 unspecified atom stereocenters. The minimum absolute atomic E-state index is 0.0192. The zero-order chi connectivity index (χ0) is 37.0. The number of quaternary nitrogens is 1. The van der Waals surface area contributed by atoms with Crippen LogP contribution >= 0.6 is 7.82 Å². The van der Waals surface area contributed by atoms with Crippen LogP contribution in [-0.4, -0.2) is 70.7 Å². The highest BCUT2D eigenvalue weighted by atomic mass is 31.2. The first-order chi connectivity index (χ1) is 24.1. The number of carbonyl (C=O) groups is 1. The normalized spacial score (nSPS) is 14.4. The molecule has 0 aliphatic carbocycles. The van der Waals surface area contributed by atoms with Gasteiger partial charge in [-0.2, -0.15) is 0 Å². The van der Waals surface area contributed by atoms with Crippen molar-refractivity contribution in [3.05, 3.63) is 48.6 Å². The van der Waals surface area contributed by atoms with E-state index in [2.05, 4.69) is 62.5 Å². The van der Waals surface area contributed by atoms with Gasteiger partial charge in [-0.25, -0.2) is 0 Å². The fraction of sp³-hybridized carbons (Fsp3) is 0.780. The highest BCUT2D eigenvalue weighted by Crippen LogP contribution is 2.38. The van der Waals surface area contributed by atoms with Gasteiger partial charge < -0.3 is 27.9 Å². The molecule has 0 heterocycles. The number of carbonyl (C=O) groups excluding carboxylic acids is 1. The average Bonchev–Trinajstić information content (AvgIpc) is 3.06. The molecule has 0 aliphatic rings. The molecular formula is C41H76NO7P. The van der Waals surface area contributed by atoms with E-state index in [4.69, 9.17) is 18.5 Å². The first kappa shape index (κ1) is 48.5. The van der Waals surface area contributed by atoms with E-state index in [1.54, 1.807) is 0 Å². The second kappa shape index (κ2) is 34.5. The van der Waals surface area contributed by atoms with Crippen LogP contribution in [0.15, 0.2) is 48.6 Å². The molecule has 0 amide bonds. The molecule has 0 aliphatic heterocycles. The van der Waals surface area contributed by atoms with E-state index < -0.39 is 13.9 Å². The Morgan fingerprint density at radius 1 is 0.620 bits per heavy atom. The molecule has 0 bridgehead atoms. The van der Waals surface area contributed by atoms with Gasteiger partial charge in [0.05, 0.1) is 34.4 Å². The molecule has 9 heteroatoms. The predicted octanol–water partition coefficient (Wildman–Crippen LogP) is 10.6. The molecule has 292 valence electrons. The molecule has 2 atom stereocenters. The van der Waals surface area contributed by atoms with E-state index in [9.17, 15) is 14.3 Å². The van der Waals surface area contributed by atoms with Crippen LogP contribution in [0.25, 0.3) is 0 Å². The summed E-state index contributed by atoms with van der Waals surface area (Å²) in [6.45, 7) is 5.24. The number of likely N-dealkylation sites (N-methyl/N-ethyl adjacent to an activating group) is 1. The lowest BCUT2D eigenvalue weighted by Crippen LogP contribution is -2.37.